The minimum Gasteiger partial charge on any atom is -0.495 e. The molecule has 0 atom stereocenters. The van der Waals surface area contributed by atoms with Crippen molar-refractivity contribution in [3.05, 3.63) is 41.0 Å². The Morgan fingerprint density at radius 3 is 2.56 bits per heavy atom. The van der Waals surface area contributed by atoms with Crippen molar-refractivity contribution in [1.29, 1.82) is 5.26 Å². The lowest BCUT2D eigenvalue weighted by molar-refractivity contribution is 0.00606. The number of aryl methyl sites for hydroxylation is 1. The van der Waals surface area contributed by atoms with Crippen LogP contribution in [0.15, 0.2) is 18.2 Å². The van der Waals surface area contributed by atoms with Gasteiger partial charge in [-0.2, -0.15) is 5.26 Å². The molecule has 0 aliphatic heterocycles. The van der Waals surface area contributed by atoms with Gasteiger partial charge in [-0.3, -0.25) is 9.36 Å². The second-order valence-corrected chi connectivity index (χ2v) is 12.4. The molecule has 0 spiro atoms. The molecule has 0 saturated heterocycles. The number of benzene rings is 1. The normalized spacial score (nSPS) is 20.2. The van der Waals surface area contributed by atoms with E-state index in [9.17, 15) is 23.6 Å². The first-order valence-electron chi connectivity index (χ1n) is 12.3. The van der Waals surface area contributed by atoms with Crippen LogP contribution in [-0.4, -0.2) is 59.7 Å². The van der Waals surface area contributed by atoms with Gasteiger partial charge in [0.05, 0.1) is 23.6 Å². The Balaban J connectivity index is 1.86. The molecule has 1 heterocycles. The fourth-order valence-electron chi connectivity index (χ4n) is 4.79. The number of ether oxygens (including phenoxy) is 1. The molecular weight excluding hydrogens is 480 g/mol. The Morgan fingerprint density at radius 1 is 1.36 bits per heavy atom. The van der Waals surface area contributed by atoms with Crippen LogP contribution in [0.25, 0.3) is 5.69 Å². The van der Waals surface area contributed by atoms with Gasteiger partial charge in [0.2, 0.25) is 0 Å². The van der Waals surface area contributed by atoms with Crippen LogP contribution in [0.3, 0.4) is 0 Å². The first-order chi connectivity index (χ1) is 16.9. The number of hydrogen-bond acceptors (Lipinski definition) is 7. The minimum atomic E-state index is -3.16. The second-order valence-electron chi connectivity index (χ2n) is 10.1. The third-order valence-corrected chi connectivity index (χ3v) is 8.44. The molecule has 1 aromatic heterocycles. The maximum Gasteiger partial charge on any atom is 0.273 e. The minimum absolute atomic E-state index is 0.0175. The van der Waals surface area contributed by atoms with Crippen molar-refractivity contribution in [3.8, 4) is 17.5 Å². The van der Waals surface area contributed by atoms with Crippen LogP contribution < -0.4 is 10.1 Å². The lowest BCUT2D eigenvalue weighted by Crippen LogP contribution is -2.47. The van der Waals surface area contributed by atoms with E-state index in [1.807, 2.05) is 25.1 Å². The van der Waals surface area contributed by atoms with E-state index in [1.54, 1.807) is 11.7 Å². The van der Waals surface area contributed by atoms with Gasteiger partial charge in [0.15, 0.2) is 11.4 Å². The molecular formula is C26H36N4O5S. The monoisotopic (exact) mass is 516 g/mol. The summed E-state index contributed by atoms with van der Waals surface area (Å²) >= 11 is 0. The summed E-state index contributed by atoms with van der Waals surface area (Å²) in [5.74, 6) is 1.04. The number of aromatic nitrogens is 2. The van der Waals surface area contributed by atoms with E-state index >= 15 is 0 Å². The summed E-state index contributed by atoms with van der Waals surface area (Å²) in [7, 11) is -1.59. The van der Waals surface area contributed by atoms with Crippen LogP contribution in [-0.2, 0) is 22.7 Å². The summed E-state index contributed by atoms with van der Waals surface area (Å²) < 4.78 is 30.9. The highest BCUT2D eigenvalue weighted by atomic mass is 32.2. The van der Waals surface area contributed by atoms with Gasteiger partial charge in [0.25, 0.3) is 5.91 Å². The average molecular weight is 517 g/mol. The van der Waals surface area contributed by atoms with Gasteiger partial charge < -0.3 is 15.2 Å². The van der Waals surface area contributed by atoms with Crippen molar-refractivity contribution in [2.24, 2.45) is 5.92 Å². The predicted molar refractivity (Wildman–Crippen MR) is 137 cm³/mol. The van der Waals surface area contributed by atoms with Gasteiger partial charge in [-0.15, -0.1) is 0 Å². The Morgan fingerprint density at radius 2 is 2.03 bits per heavy atom. The summed E-state index contributed by atoms with van der Waals surface area (Å²) in [4.78, 5) is 17.6. The van der Waals surface area contributed by atoms with E-state index in [-0.39, 0.29) is 30.8 Å². The Hall–Kier alpha value is -2.90. The number of nitrogens with one attached hydrogen (secondary N) is 1. The van der Waals surface area contributed by atoms with Crippen molar-refractivity contribution in [2.75, 3.05) is 19.9 Å². The number of hydrogen-bond donors (Lipinski definition) is 2. The molecule has 9 nitrogen and oxygen atoms in total. The average Bonchev–Trinajstić information content (AvgIpc) is 3.20. The van der Waals surface area contributed by atoms with Crippen LogP contribution in [0, 0.1) is 17.2 Å². The summed E-state index contributed by atoms with van der Waals surface area (Å²) in [6.07, 6.45) is 3.80. The van der Waals surface area contributed by atoms with Crippen LogP contribution >= 0.6 is 0 Å². The Bertz CT molecular complexity index is 1250. The number of amides is 1. The molecule has 196 valence electrons. The first kappa shape index (κ1) is 27.7. The van der Waals surface area contributed by atoms with Gasteiger partial charge in [0.1, 0.15) is 27.5 Å². The number of nitrogens with zero attached hydrogens (tertiary/aromatic N) is 3. The standard InChI is InChI=1S/C26H36N4O5S/c1-6-23-29-24(25(31)28-16-26(32)11-9-19(10-12-26)36(5,33)34)21(15-27)30(23)20-8-7-18(13-17(2)3)14-22(20)35-4/h7-8,14,17,19,32H,6,9-13,16H2,1-5H3,(H,28,31). The lowest BCUT2D eigenvalue weighted by Gasteiger charge is -2.35. The lowest BCUT2D eigenvalue weighted by atomic mass is 9.84. The van der Waals surface area contributed by atoms with Crippen molar-refractivity contribution >= 4 is 15.7 Å². The van der Waals surface area contributed by atoms with Crippen LogP contribution in [0.5, 0.6) is 5.75 Å². The number of methoxy groups -OCH3 is 1. The topological polar surface area (TPSA) is 134 Å². The van der Waals surface area contributed by atoms with Crippen LogP contribution in [0.2, 0.25) is 0 Å². The fraction of sp³-hybridized carbons (Fsp3) is 0.577. The molecule has 0 bridgehead atoms. The van der Waals surface area contributed by atoms with Crippen LogP contribution in [0.4, 0.5) is 0 Å². The van der Waals surface area contributed by atoms with Gasteiger partial charge in [-0.1, -0.05) is 26.8 Å². The number of aliphatic hydroxyl groups is 1. The van der Waals surface area contributed by atoms with Crippen molar-refractivity contribution in [3.63, 3.8) is 0 Å². The maximum absolute atomic E-state index is 13.1. The number of nitriles is 1. The molecule has 1 aliphatic carbocycles. The highest BCUT2D eigenvalue weighted by Crippen LogP contribution is 2.32. The van der Waals surface area contributed by atoms with Gasteiger partial charge >= 0.3 is 0 Å². The van der Waals surface area contributed by atoms with E-state index in [2.05, 4.69) is 30.2 Å². The molecule has 1 saturated carbocycles. The van der Waals surface area contributed by atoms with Gasteiger partial charge in [0, 0.05) is 19.2 Å². The molecule has 0 radical (unpaired) electrons. The maximum atomic E-state index is 13.1. The zero-order valence-corrected chi connectivity index (χ0v) is 22.5. The number of carbonyl (C=O) groups excluding carboxylic acids is 1. The smallest absolute Gasteiger partial charge is 0.273 e. The van der Waals surface area contributed by atoms with E-state index < -0.39 is 26.6 Å². The number of sulfone groups is 1. The van der Waals surface area contributed by atoms with E-state index in [1.165, 1.54) is 6.26 Å². The van der Waals surface area contributed by atoms with Crippen molar-refractivity contribution in [1.82, 2.24) is 14.9 Å². The number of imidazole rings is 1. The largest absolute Gasteiger partial charge is 0.495 e. The third-order valence-electron chi connectivity index (χ3n) is 6.76. The van der Waals surface area contributed by atoms with Gasteiger partial charge in [-0.05, 0) is 55.7 Å². The Kier molecular flexibility index (Phi) is 8.47. The molecule has 1 amide bonds. The van der Waals surface area contributed by atoms with Crippen molar-refractivity contribution in [2.45, 2.75) is 70.1 Å². The highest BCUT2D eigenvalue weighted by Gasteiger charge is 2.37. The van der Waals surface area contributed by atoms with Crippen molar-refractivity contribution < 1.29 is 23.1 Å². The molecule has 2 aromatic rings. The van der Waals surface area contributed by atoms with Gasteiger partial charge in [-0.25, -0.2) is 13.4 Å². The molecule has 1 aromatic carbocycles. The molecule has 0 unspecified atom stereocenters. The zero-order chi connectivity index (χ0) is 26.7. The third kappa shape index (κ3) is 6.08. The molecule has 3 rings (SSSR count). The second kappa shape index (κ2) is 11.0. The molecule has 10 heteroatoms. The Labute approximate surface area is 213 Å². The summed E-state index contributed by atoms with van der Waals surface area (Å²) in [6, 6.07) is 7.93. The summed E-state index contributed by atoms with van der Waals surface area (Å²) in [5, 5.41) is 23.1. The quantitative estimate of drug-likeness (QED) is 0.523. The predicted octanol–water partition coefficient (Wildman–Crippen LogP) is 2.96. The fourth-order valence-corrected chi connectivity index (χ4v) is 5.88. The van der Waals surface area contributed by atoms with E-state index in [0.717, 1.165) is 12.0 Å². The first-order valence-corrected chi connectivity index (χ1v) is 14.3. The zero-order valence-electron chi connectivity index (χ0n) is 21.7. The molecule has 36 heavy (non-hydrogen) atoms. The summed E-state index contributed by atoms with van der Waals surface area (Å²) in [5.41, 5.74) is 0.611. The number of rotatable bonds is 9. The highest BCUT2D eigenvalue weighted by molar-refractivity contribution is 7.91. The molecule has 1 fully saturated rings. The SMILES string of the molecule is CCc1nc(C(=O)NCC2(O)CCC(S(C)(=O)=O)CC2)c(C#N)n1-c1ccc(CC(C)C)cc1OC. The number of carbonyl (C=O) groups is 1. The molecule has 1 aliphatic rings. The summed E-state index contributed by atoms with van der Waals surface area (Å²) in [6.45, 7) is 6.12. The van der Waals surface area contributed by atoms with E-state index in [4.69, 9.17) is 4.74 Å². The molecule has 2 N–H and O–H groups in total. The van der Waals surface area contributed by atoms with Crippen LogP contribution in [0.1, 0.15) is 74.0 Å². The van der Waals surface area contributed by atoms with E-state index in [0.29, 0.717) is 42.4 Å².